The lowest BCUT2D eigenvalue weighted by molar-refractivity contribution is -0.391. The van der Waals surface area contributed by atoms with Gasteiger partial charge in [-0.3, -0.25) is 9.59 Å². The van der Waals surface area contributed by atoms with Gasteiger partial charge in [-0.1, -0.05) is 25.0 Å². The molecule has 202 valence electrons. The molecule has 38 heavy (non-hydrogen) atoms. The number of aromatic nitrogens is 2. The summed E-state index contributed by atoms with van der Waals surface area (Å²) in [7, 11) is 3.36. The number of rotatable bonds is 11. The number of nitrogens with one attached hydrogen (secondary N) is 4. The number of amides is 2. The SMILES string of the molecule is CNC(=O)CCCCCC(NC(=O)C12CCN(CC1)CC2)c1[nH]c(-c2ccc3cc(OC)ccc3c2)c[nH+]1. The molecule has 6 rings (SSSR count). The van der Waals surface area contributed by atoms with Crippen LogP contribution >= 0.6 is 0 Å². The number of unbranched alkanes of at least 4 members (excludes halogenated alkanes) is 2. The van der Waals surface area contributed by atoms with E-state index in [0.717, 1.165) is 98.2 Å². The van der Waals surface area contributed by atoms with Crippen molar-refractivity contribution in [1.82, 2.24) is 20.5 Å². The van der Waals surface area contributed by atoms with Crippen molar-refractivity contribution >= 4 is 22.6 Å². The molecule has 2 amide bonds. The fraction of sp³-hybridized carbons (Fsp3) is 0.500. The number of H-pyrrole nitrogens is 2. The van der Waals surface area contributed by atoms with Gasteiger partial charge in [0.15, 0.2) is 5.69 Å². The molecule has 1 atom stereocenters. The molecule has 8 nitrogen and oxygen atoms in total. The monoisotopic (exact) mass is 518 g/mol. The molecule has 3 fully saturated rings. The van der Waals surface area contributed by atoms with Gasteiger partial charge in [-0.05, 0) is 86.8 Å². The second-order valence-electron chi connectivity index (χ2n) is 10.8. The molecule has 3 aliphatic rings. The number of ether oxygens (including phenoxy) is 1. The highest BCUT2D eigenvalue weighted by molar-refractivity contribution is 5.88. The van der Waals surface area contributed by atoms with Crippen molar-refractivity contribution in [2.45, 2.75) is 57.4 Å². The van der Waals surface area contributed by atoms with Gasteiger partial charge in [0.25, 0.3) is 5.82 Å². The molecule has 3 aliphatic heterocycles. The molecule has 1 aromatic heterocycles. The van der Waals surface area contributed by atoms with Crippen molar-refractivity contribution < 1.29 is 19.3 Å². The van der Waals surface area contributed by atoms with Crippen molar-refractivity contribution in [3.63, 3.8) is 0 Å². The van der Waals surface area contributed by atoms with E-state index in [1.54, 1.807) is 14.2 Å². The molecule has 0 aliphatic carbocycles. The Morgan fingerprint density at radius 3 is 2.53 bits per heavy atom. The van der Waals surface area contributed by atoms with Gasteiger partial charge in [-0.25, -0.2) is 9.97 Å². The van der Waals surface area contributed by atoms with Gasteiger partial charge in [-0.15, -0.1) is 0 Å². The number of carbonyl (C=O) groups is 2. The maximum absolute atomic E-state index is 13.6. The van der Waals surface area contributed by atoms with Crippen molar-refractivity contribution in [2.75, 3.05) is 33.8 Å². The highest BCUT2D eigenvalue weighted by Gasteiger charge is 2.46. The summed E-state index contributed by atoms with van der Waals surface area (Å²) < 4.78 is 5.36. The predicted octanol–water partition coefficient (Wildman–Crippen LogP) is 4.00. The Kier molecular flexibility index (Phi) is 7.98. The van der Waals surface area contributed by atoms with Crippen LogP contribution in [0.1, 0.15) is 63.2 Å². The molecule has 2 bridgehead atoms. The first-order valence-corrected chi connectivity index (χ1v) is 13.9. The summed E-state index contributed by atoms with van der Waals surface area (Å²) in [6.45, 7) is 3.05. The zero-order chi connectivity index (χ0) is 26.5. The molecule has 0 spiro atoms. The van der Waals surface area contributed by atoms with Crippen LogP contribution < -0.4 is 20.4 Å². The van der Waals surface area contributed by atoms with E-state index in [4.69, 9.17) is 4.74 Å². The van der Waals surface area contributed by atoms with Crippen LogP contribution in [0.3, 0.4) is 0 Å². The minimum Gasteiger partial charge on any atom is -0.497 e. The van der Waals surface area contributed by atoms with Crippen LogP contribution in [0.15, 0.2) is 42.6 Å². The minimum atomic E-state index is -0.235. The number of piperidine rings is 3. The number of aromatic amines is 2. The fourth-order valence-corrected chi connectivity index (χ4v) is 5.93. The molecule has 3 aromatic rings. The molecule has 0 radical (unpaired) electrons. The summed E-state index contributed by atoms with van der Waals surface area (Å²) in [5.41, 5.74) is 1.83. The van der Waals surface area contributed by atoms with E-state index in [0.29, 0.717) is 6.42 Å². The van der Waals surface area contributed by atoms with Crippen LogP contribution in [0.25, 0.3) is 22.0 Å². The summed E-state index contributed by atoms with van der Waals surface area (Å²) in [5.74, 6) is 2.03. The van der Waals surface area contributed by atoms with Gasteiger partial charge >= 0.3 is 0 Å². The zero-order valence-electron chi connectivity index (χ0n) is 22.6. The third-order valence-corrected chi connectivity index (χ3v) is 8.53. The van der Waals surface area contributed by atoms with Crippen LogP contribution in [0.2, 0.25) is 0 Å². The number of nitrogens with zero attached hydrogens (tertiary/aromatic N) is 1. The lowest BCUT2D eigenvalue weighted by atomic mass is 9.71. The number of hydrogen-bond donors (Lipinski definition) is 3. The number of imidazole rings is 1. The Morgan fingerprint density at radius 1 is 1.05 bits per heavy atom. The van der Waals surface area contributed by atoms with Gasteiger partial charge in [0, 0.05) is 19.0 Å². The normalized spacial score (nSPS) is 21.3. The van der Waals surface area contributed by atoms with Crippen molar-refractivity contribution in [3.8, 4) is 17.0 Å². The van der Waals surface area contributed by atoms with E-state index < -0.39 is 0 Å². The maximum Gasteiger partial charge on any atom is 0.275 e. The smallest absolute Gasteiger partial charge is 0.275 e. The molecule has 0 saturated carbocycles. The number of fused-ring (bicyclic) bond motifs is 4. The predicted molar refractivity (Wildman–Crippen MR) is 148 cm³/mol. The second kappa shape index (κ2) is 11.6. The van der Waals surface area contributed by atoms with E-state index in [1.807, 2.05) is 18.3 Å². The third kappa shape index (κ3) is 5.70. The summed E-state index contributed by atoms with van der Waals surface area (Å²) in [6.07, 6.45) is 8.90. The summed E-state index contributed by atoms with van der Waals surface area (Å²) in [4.78, 5) is 34.7. The van der Waals surface area contributed by atoms with Gasteiger partial charge < -0.3 is 20.3 Å². The molecule has 1 unspecified atom stereocenters. The Labute approximate surface area is 224 Å². The Balaban J connectivity index is 1.32. The Morgan fingerprint density at radius 2 is 1.79 bits per heavy atom. The van der Waals surface area contributed by atoms with Crippen LogP contribution in [0.4, 0.5) is 0 Å². The third-order valence-electron chi connectivity index (χ3n) is 8.53. The fourth-order valence-electron chi connectivity index (χ4n) is 5.93. The molecule has 4 N–H and O–H groups in total. The molecule has 8 heteroatoms. The first-order valence-electron chi connectivity index (χ1n) is 13.9. The number of carbonyl (C=O) groups excluding carboxylic acids is 2. The van der Waals surface area contributed by atoms with Gasteiger partial charge in [-0.2, -0.15) is 0 Å². The van der Waals surface area contributed by atoms with Crippen molar-refractivity contribution in [3.05, 3.63) is 48.4 Å². The largest absolute Gasteiger partial charge is 0.497 e. The van der Waals surface area contributed by atoms with Gasteiger partial charge in [0.05, 0.1) is 12.5 Å². The number of hydrogen-bond acceptors (Lipinski definition) is 4. The van der Waals surface area contributed by atoms with E-state index in [1.165, 1.54) is 0 Å². The summed E-state index contributed by atoms with van der Waals surface area (Å²) in [5, 5.41) is 8.38. The molecule has 4 heterocycles. The number of methoxy groups -OCH3 is 1. The average Bonchev–Trinajstić information content (AvgIpc) is 3.47. The Bertz CT molecular complexity index is 1260. The highest BCUT2D eigenvalue weighted by atomic mass is 16.5. The molecular weight excluding hydrogens is 478 g/mol. The molecule has 3 saturated heterocycles. The zero-order valence-corrected chi connectivity index (χ0v) is 22.6. The molecule has 2 aromatic carbocycles. The lowest BCUT2D eigenvalue weighted by Gasteiger charge is -2.47. The first kappa shape index (κ1) is 26.2. The average molecular weight is 519 g/mol. The number of benzene rings is 2. The lowest BCUT2D eigenvalue weighted by Crippen LogP contribution is -2.55. The second-order valence-corrected chi connectivity index (χ2v) is 10.8. The standard InChI is InChI=1S/C30H39N5O3/c1-31-27(36)7-5-3-4-6-25(34-29(37)30-12-15-35(16-13-30)17-14-30)28-32-20-26(33-28)23-9-8-22-19-24(38-2)11-10-21(22)18-23/h8-11,18-20,25H,3-7,12-17H2,1-2H3,(H,31,36)(H,32,33)(H,34,37)/p+1. The topological polar surface area (TPSA) is 101 Å². The van der Waals surface area contributed by atoms with E-state index in [2.05, 4.69) is 49.8 Å². The van der Waals surface area contributed by atoms with Crippen molar-refractivity contribution in [1.29, 1.82) is 0 Å². The molecular formula is C30H40N5O3+. The Hall–Kier alpha value is -3.39. The summed E-state index contributed by atoms with van der Waals surface area (Å²) >= 11 is 0. The highest BCUT2D eigenvalue weighted by Crippen LogP contribution is 2.41. The minimum absolute atomic E-state index is 0.0776. The van der Waals surface area contributed by atoms with E-state index >= 15 is 0 Å². The van der Waals surface area contributed by atoms with E-state index in [-0.39, 0.29) is 23.3 Å². The van der Waals surface area contributed by atoms with Crippen LogP contribution in [0, 0.1) is 5.41 Å². The maximum atomic E-state index is 13.6. The van der Waals surface area contributed by atoms with E-state index in [9.17, 15) is 9.59 Å². The first-order chi connectivity index (χ1) is 18.5. The summed E-state index contributed by atoms with van der Waals surface area (Å²) in [6, 6.07) is 12.3. The van der Waals surface area contributed by atoms with Crippen LogP contribution in [-0.4, -0.2) is 55.5 Å². The van der Waals surface area contributed by atoms with Gasteiger partial charge in [0.2, 0.25) is 11.8 Å². The van der Waals surface area contributed by atoms with Crippen LogP contribution in [-0.2, 0) is 9.59 Å². The van der Waals surface area contributed by atoms with Crippen LogP contribution in [0.5, 0.6) is 5.75 Å². The van der Waals surface area contributed by atoms with Gasteiger partial charge in [0.1, 0.15) is 18.0 Å². The quantitative estimate of drug-likeness (QED) is 0.334. The van der Waals surface area contributed by atoms with Crippen molar-refractivity contribution in [2.24, 2.45) is 5.41 Å².